The summed E-state index contributed by atoms with van der Waals surface area (Å²) in [6.45, 7) is 1.59. The summed E-state index contributed by atoms with van der Waals surface area (Å²) < 4.78 is 5.48. The number of carboxylic acids is 1. The topological polar surface area (TPSA) is 125 Å². The minimum atomic E-state index is -1.67. The molecule has 3 rings (SSSR count). The van der Waals surface area contributed by atoms with Gasteiger partial charge in [0.25, 0.3) is 0 Å². The molecule has 1 aliphatic carbocycles. The molecule has 2 atom stereocenters. The number of aliphatic hydroxyl groups is 1. The predicted molar refractivity (Wildman–Crippen MR) is 114 cm³/mol. The third-order valence-corrected chi connectivity index (χ3v) is 5.37. The van der Waals surface area contributed by atoms with E-state index in [4.69, 9.17) is 9.84 Å². The number of hydrogen-bond donors (Lipinski definition) is 4. The lowest BCUT2D eigenvalue weighted by molar-refractivity contribution is -0.146. The van der Waals surface area contributed by atoms with Crippen molar-refractivity contribution in [3.8, 4) is 11.1 Å². The lowest BCUT2D eigenvalue weighted by Gasteiger charge is -2.19. The molecule has 0 radical (unpaired) electrons. The number of ether oxygens (including phenoxy) is 1. The zero-order chi connectivity index (χ0) is 22.4. The largest absolute Gasteiger partial charge is 0.479 e. The van der Waals surface area contributed by atoms with Crippen LogP contribution in [-0.2, 0) is 14.3 Å². The van der Waals surface area contributed by atoms with Gasteiger partial charge in [-0.3, -0.25) is 4.79 Å². The van der Waals surface area contributed by atoms with Crippen LogP contribution in [0.25, 0.3) is 11.1 Å². The SMILES string of the molecule is CC[C@H](CC(=O)NCC(O)C(=O)O)NC(=O)OCC1c2ccccc2-c2ccccc21. The quantitative estimate of drug-likeness (QED) is 0.487. The molecule has 0 bridgehead atoms. The lowest BCUT2D eigenvalue weighted by atomic mass is 9.98. The third kappa shape index (κ3) is 5.40. The van der Waals surface area contributed by atoms with Crippen molar-refractivity contribution in [3.05, 3.63) is 59.7 Å². The molecule has 8 nitrogen and oxygen atoms in total. The van der Waals surface area contributed by atoms with Gasteiger partial charge in [-0.15, -0.1) is 0 Å². The number of benzene rings is 2. The molecule has 1 unspecified atom stereocenters. The van der Waals surface area contributed by atoms with Gasteiger partial charge in [0.05, 0.1) is 6.54 Å². The number of hydrogen-bond acceptors (Lipinski definition) is 5. The second kappa shape index (κ2) is 10.1. The van der Waals surface area contributed by atoms with Crippen molar-refractivity contribution in [1.82, 2.24) is 10.6 Å². The average molecular weight is 426 g/mol. The number of amides is 2. The smallest absolute Gasteiger partial charge is 0.407 e. The first-order chi connectivity index (χ1) is 14.9. The molecule has 2 aromatic rings. The Bertz CT molecular complexity index is 915. The van der Waals surface area contributed by atoms with Crippen LogP contribution in [0, 0.1) is 0 Å². The van der Waals surface area contributed by atoms with Gasteiger partial charge >= 0.3 is 12.1 Å². The van der Waals surface area contributed by atoms with Gasteiger partial charge in [-0.25, -0.2) is 9.59 Å². The molecule has 4 N–H and O–H groups in total. The number of fused-ring (bicyclic) bond motifs is 3. The Morgan fingerprint density at radius 3 is 2.16 bits per heavy atom. The van der Waals surface area contributed by atoms with Gasteiger partial charge in [0.1, 0.15) is 6.61 Å². The van der Waals surface area contributed by atoms with E-state index in [1.165, 1.54) is 0 Å². The van der Waals surface area contributed by atoms with Crippen LogP contribution in [0.15, 0.2) is 48.5 Å². The molecule has 2 amide bonds. The Morgan fingerprint density at radius 2 is 1.61 bits per heavy atom. The van der Waals surface area contributed by atoms with Gasteiger partial charge in [-0.1, -0.05) is 55.5 Å². The molecule has 164 valence electrons. The minimum Gasteiger partial charge on any atom is -0.479 e. The fourth-order valence-corrected chi connectivity index (χ4v) is 3.70. The first kappa shape index (κ1) is 22.3. The summed E-state index contributed by atoms with van der Waals surface area (Å²) in [5.74, 6) is -1.94. The Kier molecular flexibility index (Phi) is 7.25. The van der Waals surface area contributed by atoms with Crippen LogP contribution in [0.3, 0.4) is 0 Å². The molecule has 2 aromatic carbocycles. The van der Waals surface area contributed by atoms with Crippen LogP contribution < -0.4 is 10.6 Å². The van der Waals surface area contributed by atoms with E-state index >= 15 is 0 Å². The monoisotopic (exact) mass is 426 g/mol. The molecular weight excluding hydrogens is 400 g/mol. The van der Waals surface area contributed by atoms with Crippen molar-refractivity contribution in [3.63, 3.8) is 0 Å². The molecule has 0 spiro atoms. The molecule has 0 aliphatic heterocycles. The third-order valence-electron chi connectivity index (χ3n) is 5.37. The van der Waals surface area contributed by atoms with E-state index in [0.717, 1.165) is 22.3 Å². The van der Waals surface area contributed by atoms with Crippen LogP contribution in [-0.4, -0.2) is 53.5 Å². The van der Waals surface area contributed by atoms with Crippen LogP contribution in [0.1, 0.15) is 36.8 Å². The van der Waals surface area contributed by atoms with E-state index in [2.05, 4.69) is 22.8 Å². The molecule has 31 heavy (non-hydrogen) atoms. The number of carbonyl (C=O) groups excluding carboxylic acids is 2. The van der Waals surface area contributed by atoms with E-state index in [1.54, 1.807) is 0 Å². The summed E-state index contributed by atoms with van der Waals surface area (Å²) in [6, 6.07) is 15.6. The normalized spacial score (nSPS) is 14.1. The van der Waals surface area contributed by atoms with Crippen molar-refractivity contribution in [2.75, 3.05) is 13.2 Å². The Balaban J connectivity index is 1.53. The van der Waals surface area contributed by atoms with E-state index in [-0.39, 0.29) is 18.9 Å². The highest BCUT2D eigenvalue weighted by atomic mass is 16.5. The number of carbonyl (C=O) groups is 3. The maximum Gasteiger partial charge on any atom is 0.407 e. The van der Waals surface area contributed by atoms with Crippen molar-refractivity contribution in [2.24, 2.45) is 0 Å². The summed E-state index contributed by atoms with van der Waals surface area (Å²) in [6.07, 6.45) is -1.85. The standard InChI is InChI=1S/C23H26N2O6/c1-2-14(11-21(27)24-12-20(26)22(28)29)25-23(30)31-13-19-17-9-5-3-7-15(17)16-8-4-6-10-18(16)19/h3-10,14,19-20,26H,2,11-13H2,1H3,(H,24,27)(H,25,30)(H,28,29)/t14-,20?/m1/s1. The fourth-order valence-electron chi connectivity index (χ4n) is 3.70. The number of alkyl carbamates (subject to hydrolysis) is 1. The Labute approximate surface area is 180 Å². The summed E-state index contributed by atoms with van der Waals surface area (Å²) in [4.78, 5) is 34.9. The number of carboxylic acid groups (broad SMARTS) is 1. The van der Waals surface area contributed by atoms with Gasteiger partial charge in [0.15, 0.2) is 6.10 Å². The van der Waals surface area contributed by atoms with E-state index in [9.17, 15) is 19.5 Å². The molecule has 0 saturated carbocycles. The van der Waals surface area contributed by atoms with Crippen LogP contribution >= 0.6 is 0 Å². The predicted octanol–water partition coefficient (Wildman–Crippen LogP) is 2.26. The van der Waals surface area contributed by atoms with E-state index < -0.39 is 36.7 Å². The van der Waals surface area contributed by atoms with Crippen LogP contribution in [0.5, 0.6) is 0 Å². The van der Waals surface area contributed by atoms with Gasteiger partial charge < -0.3 is 25.6 Å². The molecule has 0 aromatic heterocycles. The van der Waals surface area contributed by atoms with Gasteiger partial charge in [0.2, 0.25) is 5.91 Å². The Morgan fingerprint density at radius 1 is 1.03 bits per heavy atom. The van der Waals surface area contributed by atoms with Gasteiger partial charge in [0, 0.05) is 18.4 Å². The number of rotatable bonds is 9. The average Bonchev–Trinajstić information content (AvgIpc) is 3.09. The van der Waals surface area contributed by atoms with Crippen molar-refractivity contribution in [1.29, 1.82) is 0 Å². The summed E-state index contributed by atoms with van der Waals surface area (Å²) in [5.41, 5.74) is 4.50. The molecular formula is C23H26N2O6. The zero-order valence-electron chi connectivity index (χ0n) is 17.2. The molecule has 1 aliphatic rings. The number of aliphatic hydroxyl groups excluding tert-OH is 1. The second-order valence-electron chi connectivity index (χ2n) is 7.44. The maximum absolute atomic E-state index is 12.3. The first-order valence-electron chi connectivity index (χ1n) is 10.2. The zero-order valence-corrected chi connectivity index (χ0v) is 17.2. The van der Waals surface area contributed by atoms with Crippen molar-refractivity contribution >= 4 is 18.0 Å². The van der Waals surface area contributed by atoms with E-state index in [0.29, 0.717) is 6.42 Å². The Hall–Kier alpha value is -3.39. The summed E-state index contributed by atoms with van der Waals surface area (Å²) in [7, 11) is 0. The molecule has 0 heterocycles. The van der Waals surface area contributed by atoms with Crippen LogP contribution in [0.2, 0.25) is 0 Å². The summed E-state index contributed by atoms with van der Waals surface area (Å²) >= 11 is 0. The number of nitrogens with one attached hydrogen (secondary N) is 2. The minimum absolute atomic E-state index is 0.0486. The number of aliphatic carboxylic acids is 1. The van der Waals surface area contributed by atoms with Gasteiger partial charge in [-0.05, 0) is 28.7 Å². The lowest BCUT2D eigenvalue weighted by Crippen LogP contribution is -2.42. The van der Waals surface area contributed by atoms with E-state index in [1.807, 2.05) is 43.3 Å². The maximum atomic E-state index is 12.3. The van der Waals surface area contributed by atoms with Crippen molar-refractivity contribution < 1.29 is 29.3 Å². The molecule has 0 saturated heterocycles. The second-order valence-corrected chi connectivity index (χ2v) is 7.44. The fraction of sp³-hybridized carbons (Fsp3) is 0.348. The molecule has 8 heteroatoms. The van der Waals surface area contributed by atoms with Crippen LogP contribution in [0.4, 0.5) is 4.79 Å². The van der Waals surface area contributed by atoms with Crippen molar-refractivity contribution in [2.45, 2.75) is 37.8 Å². The summed E-state index contributed by atoms with van der Waals surface area (Å²) in [5, 5.41) is 22.9. The van der Waals surface area contributed by atoms with Gasteiger partial charge in [-0.2, -0.15) is 0 Å². The highest BCUT2D eigenvalue weighted by Gasteiger charge is 2.29. The first-order valence-corrected chi connectivity index (χ1v) is 10.2. The molecule has 0 fully saturated rings. The highest BCUT2D eigenvalue weighted by molar-refractivity contribution is 5.80. The highest BCUT2D eigenvalue weighted by Crippen LogP contribution is 2.44.